The number of carboxylic acid groups (broad SMARTS) is 1. The predicted molar refractivity (Wildman–Crippen MR) is 42.1 cm³/mol. The highest BCUT2D eigenvalue weighted by molar-refractivity contribution is 5.90. The number of hydrogen-bond donors (Lipinski definition) is 2. The van der Waals surface area contributed by atoms with E-state index in [1.165, 1.54) is 0 Å². The Balaban J connectivity index is 2.76. The highest BCUT2D eigenvalue weighted by Gasteiger charge is 2.08. The number of nitrogens with one attached hydrogen (secondary N) is 1. The Morgan fingerprint density at radius 2 is 2.45 bits per heavy atom. The van der Waals surface area contributed by atoms with E-state index >= 15 is 0 Å². The van der Waals surface area contributed by atoms with E-state index in [-0.39, 0.29) is 0 Å². The van der Waals surface area contributed by atoms with Crippen LogP contribution >= 0.6 is 0 Å². The monoisotopic (exact) mass is 153 g/mol. The Labute approximate surface area is 65.4 Å². The van der Waals surface area contributed by atoms with Crippen LogP contribution in [0.5, 0.6) is 0 Å². The van der Waals surface area contributed by atoms with E-state index in [1.54, 1.807) is 19.2 Å². The summed E-state index contributed by atoms with van der Waals surface area (Å²) in [6, 6.07) is 0. The molecule has 3 nitrogen and oxygen atoms in total. The first-order valence-electron chi connectivity index (χ1n) is 3.56. The van der Waals surface area contributed by atoms with Crippen molar-refractivity contribution in [1.82, 2.24) is 5.32 Å². The molecule has 0 unspecified atom stereocenters. The molecule has 0 heterocycles. The van der Waals surface area contributed by atoms with Crippen molar-refractivity contribution >= 4 is 5.97 Å². The summed E-state index contributed by atoms with van der Waals surface area (Å²) in [6.45, 7) is 0. The number of carbonyl (C=O) groups is 1. The molecule has 0 saturated carbocycles. The van der Waals surface area contributed by atoms with Crippen LogP contribution in [0.2, 0.25) is 0 Å². The molecule has 2 N–H and O–H groups in total. The van der Waals surface area contributed by atoms with Gasteiger partial charge in [0.15, 0.2) is 0 Å². The molecule has 0 bridgehead atoms. The molecule has 1 aliphatic rings. The van der Waals surface area contributed by atoms with Gasteiger partial charge in [-0.25, -0.2) is 4.79 Å². The molecule has 11 heavy (non-hydrogen) atoms. The summed E-state index contributed by atoms with van der Waals surface area (Å²) in [5, 5.41) is 11.6. The van der Waals surface area contributed by atoms with Crippen molar-refractivity contribution in [2.45, 2.75) is 12.8 Å². The molecule has 0 aliphatic heterocycles. The van der Waals surface area contributed by atoms with Crippen molar-refractivity contribution in [3.63, 3.8) is 0 Å². The van der Waals surface area contributed by atoms with Gasteiger partial charge in [0.25, 0.3) is 0 Å². The van der Waals surface area contributed by atoms with Crippen LogP contribution in [0.1, 0.15) is 12.8 Å². The summed E-state index contributed by atoms with van der Waals surface area (Å²) in [6.07, 6.45) is 5.14. The molecule has 0 aromatic heterocycles. The molecule has 0 atom stereocenters. The zero-order chi connectivity index (χ0) is 8.27. The van der Waals surface area contributed by atoms with Gasteiger partial charge in [0.05, 0.1) is 5.57 Å². The number of allylic oxidation sites excluding steroid dienone is 2. The van der Waals surface area contributed by atoms with E-state index in [9.17, 15) is 4.79 Å². The maximum Gasteiger partial charge on any atom is 0.335 e. The molecule has 0 aromatic carbocycles. The average Bonchev–Trinajstić information content (AvgIpc) is 2.05. The fourth-order valence-corrected chi connectivity index (χ4v) is 1.05. The van der Waals surface area contributed by atoms with Gasteiger partial charge in [-0.1, -0.05) is 6.08 Å². The normalized spacial score (nSPS) is 16.8. The van der Waals surface area contributed by atoms with Crippen LogP contribution < -0.4 is 5.32 Å². The standard InChI is InChI=1S/C8H11NO2/c1-9-7-4-2-3-6(5-7)8(10)11/h3,5,9H,2,4H2,1H3,(H,10,11). The second-order valence-corrected chi connectivity index (χ2v) is 2.42. The smallest absolute Gasteiger partial charge is 0.335 e. The SMILES string of the molecule is CNC1=CC(C(=O)O)=CCC1. The largest absolute Gasteiger partial charge is 0.478 e. The summed E-state index contributed by atoms with van der Waals surface area (Å²) in [7, 11) is 1.80. The molecule has 0 aromatic rings. The fourth-order valence-electron chi connectivity index (χ4n) is 1.05. The zero-order valence-corrected chi connectivity index (χ0v) is 6.42. The Hall–Kier alpha value is -1.25. The Kier molecular flexibility index (Phi) is 2.31. The zero-order valence-electron chi connectivity index (χ0n) is 6.42. The highest BCUT2D eigenvalue weighted by atomic mass is 16.4. The summed E-state index contributed by atoms with van der Waals surface area (Å²) in [4.78, 5) is 10.5. The van der Waals surface area contributed by atoms with Crippen molar-refractivity contribution in [3.8, 4) is 0 Å². The quantitative estimate of drug-likeness (QED) is 0.619. The summed E-state index contributed by atoms with van der Waals surface area (Å²) >= 11 is 0. The van der Waals surface area contributed by atoms with Gasteiger partial charge in [-0.05, 0) is 18.9 Å². The minimum absolute atomic E-state index is 0.389. The lowest BCUT2D eigenvalue weighted by atomic mass is 10.0. The van der Waals surface area contributed by atoms with Crippen molar-refractivity contribution in [1.29, 1.82) is 0 Å². The molecular formula is C8H11NO2. The third-order valence-electron chi connectivity index (χ3n) is 1.68. The number of hydrogen-bond acceptors (Lipinski definition) is 2. The van der Waals surface area contributed by atoms with E-state index in [1.807, 2.05) is 0 Å². The Morgan fingerprint density at radius 3 is 3.00 bits per heavy atom. The van der Waals surface area contributed by atoms with Gasteiger partial charge in [0.1, 0.15) is 0 Å². The molecule has 3 heteroatoms. The first-order valence-corrected chi connectivity index (χ1v) is 3.56. The third-order valence-corrected chi connectivity index (χ3v) is 1.68. The Bertz CT molecular complexity index is 228. The summed E-state index contributed by atoms with van der Waals surface area (Å²) in [5.41, 5.74) is 1.38. The minimum atomic E-state index is -0.850. The van der Waals surface area contributed by atoms with Gasteiger partial charge in [0.2, 0.25) is 0 Å². The van der Waals surface area contributed by atoms with Crippen molar-refractivity contribution in [3.05, 3.63) is 23.4 Å². The Morgan fingerprint density at radius 1 is 1.73 bits per heavy atom. The van der Waals surface area contributed by atoms with Crippen LogP contribution in [0.25, 0.3) is 0 Å². The molecule has 60 valence electrons. The molecule has 0 amide bonds. The van der Waals surface area contributed by atoms with Gasteiger partial charge in [-0.15, -0.1) is 0 Å². The topological polar surface area (TPSA) is 49.3 Å². The van der Waals surface area contributed by atoms with Crippen LogP contribution in [0.3, 0.4) is 0 Å². The molecular weight excluding hydrogens is 142 g/mol. The lowest BCUT2D eigenvalue weighted by molar-refractivity contribution is -0.132. The van der Waals surface area contributed by atoms with Crippen LogP contribution in [0.4, 0.5) is 0 Å². The lowest BCUT2D eigenvalue weighted by Crippen LogP contribution is -2.11. The molecule has 1 aliphatic carbocycles. The van der Waals surface area contributed by atoms with E-state index in [4.69, 9.17) is 5.11 Å². The number of rotatable bonds is 2. The molecule has 0 saturated heterocycles. The van der Waals surface area contributed by atoms with Crippen molar-refractivity contribution in [2.24, 2.45) is 0 Å². The maximum atomic E-state index is 10.5. The maximum absolute atomic E-state index is 10.5. The summed E-state index contributed by atoms with van der Waals surface area (Å²) in [5.74, 6) is -0.850. The van der Waals surface area contributed by atoms with Crippen LogP contribution in [0.15, 0.2) is 23.4 Å². The number of aliphatic carboxylic acids is 1. The van der Waals surface area contributed by atoms with Gasteiger partial charge in [-0.3, -0.25) is 0 Å². The van der Waals surface area contributed by atoms with E-state index in [0.29, 0.717) is 5.57 Å². The molecule has 0 fully saturated rings. The van der Waals surface area contributed by atoms with Gasteiger partial charge in [-0.2, -0.15) is 0 Å². The molecule has 1 rings (SSSR count). The van der Waals surface area contributed by atoms with Gasteiger partial charge >= 0.3 is 5.97 Å². The van der Waals surface area contributed by atoms with E-state index in [2.05, 4.69) is 5.32 Å². The summed E-state index contributed by atoms with van der Waals surface area (Å²) < 4.78 is 0. The first-order chi connectivity index (χ1) is 5.24. The van der Waals surface area contributed by atoms with E-state index in [0.717, 1.165) is 18.5 Å². The van der Waals surface area contributed by atoms with Gasteiger partial charge < -0.3 is 10.4 Å². The third kappa shape index (κ3) is 1.83. The first kappa shape index (κ1) is 7.85. The lowest BCUT2D eigenvalue weighted by Gasteiger charge is -2.10. The van der Waals surface area contributed by atoms with Crippen LogP contribution in [-0.2, 0) is 4.79 Å². The van der Waals surface area contributed by atoms with Crippen LogP contribution in [0, 0.1) is 0 Å². The molecule has 0 spiro atoms. The predicted octanol–water partition coefficient (Wildman–Crippen LogP) is 0.894. The minimum Gasteiger partial charge on any atom is -0.478 e. The average molecular weight is 153 g/mol. The van der Waals surface area contributed by atoms with Crippen LogP contribution in [-0.4, -0.2) is 18.1 Å². The van der Waals surface area contributed by atoms with Crippen molar-refractivity contribution in [2.75, 3.05) is 7.05 Å². The molecule has 0 radical (unpaired) electrons. The van der Waals surface area contributed by atoms with Gasteiger partial charge in [0, 0.05) is 12.7 Å². The van der Waals surface area contributed by atoms with Crippen molar-refractivity contribution < 1.29 is 9.90 Å². The number of carboxylic acids is 1. The second-order valence-electron chi connectivity index (χ2n) is 2.42. The van der Waals surface area contributed by atoms with E-state index < -0.39 is 5.97 Å². The highest BCUT2D eigenvalue weighted by Crippen LogP contribution is 2.14. The second kappa shape index (κ2) is 3.23. The fraction of sp³-hybridized carbons (Fsp3) is 0.375.